The van der Waals surface area contributed by atoms with Crippen molar-refractivity contribution in [1.29, 1.82) is 0 Å². The van der Waals surface area contributed by atoms with Crippen LogP contribution in [0.5, 0.6) is 0 Å². The zero-order chi connectivity index (χ0) is 38.6. The molecule has 12 heteroatoms. The van der Waals surface area contributed by atoms with E-state index in [-0.39, 0.29) is 0 Å². The maximum Gasteiger partial charge on any atom is 0.217 e. The van der Waals surface area contributed by atoms with Crippen LogP contribution in [0, 0.1) is 11.8 Å². The molecule has 0 amide bonds. The van der Waals surface area contributed by atoms with Gasteiger partial charge in [0.25, 0.3) is 0 Å². The van der Waals surface area contributed by atoms with Crippen LogP contribution < -0.4 is 0 Å². The highest BCUT2D eigenvalue weighted by Gasteiger charge is 2.59. The van der Waals surface area contributed by atoms with Crippen molar-refractivity contribution >= 4 is 0 Å². The number of hydrogen-bond acceptors (Lipinski definition) is 12. The summed E-state index contributed by atoms with van der Waals surface area (Å²) in [5.41, 5.74) is -8.20. The second-order valence-corrected chi connectivity index (χ2v) is 19.5. The molecule has 0 aromatic heterocycles. The summed E-state index contributed by atoms with van der Waals surface area (Å²) in [5, 5.41) is 38.2. The number of methoxy groups -OCH3 is 2. The van der Waals surface area contributed by atoms with E-state index in [1.165, 1.54) is 0 Å². The van der Waals surface area contributed by atoms with Crippen LogP contribution in [-0.4, -0.2) is 70.1 Å². The molecule has 12 nitrogen and oxygen atoms in total. The van der Waals surface area contributed by atoms with Crippen LogP contribution in [-0.2, 0) is 19.2 Å². The van der Waals surface area contributed by atoms with Crippen molar-refractivity contribution in [3.05, 3.63) is 0 Å². The average molecular weight is 683 g/mol. The third-order valence-corrected chi connectivity index (χ3v) is 7.62. The van der Waals surface area contributed by atoms with Crippen LogP contribution in [0.25, 0.3) is 0 Å². The van der Waals surface area contributed by atoms with Gasteiger partial charge in [0, 0.05) is 14.2 Å². The minimum atomic E-state index is -1.47. The van der Waals surface area contributed by atoms with E-state index < -0.39 is 67.7 Å². The second kappa shape index (κ2) is 15.2. The molecule has 0 saturated carbocycles. The second-order valence-electron chi connectivity index (χ2n) is 19.5. The van der Waals surface area contributed by atoms with E-state index in [4.69, 9.17) is 49.9 Å². The minimum absolute atomic E-state index is 0.405. The highest BCUT2D eigenvalue weighted by atomic mass is 17.2. The molecule has 0 spiro atoms. The molecule has 0 N–H and O–H groups in total. The summed E-state index contributed by atoms with van der Waals surface area (Å²) >= 11 is 0. The highest BCUT2D eigenvalue weighted by molar-refractivity contribution is 5.06. The van der Waals surface area contributed by atoms with Gasteiger partial charge in [0.15, 0.2) is 0 Å². The van der Waals surface area contributed by atoms with Crippen molar-refractivity contribution in [2.75, 3.05) is 14.2 Å². The Balaban J connectivity index is 7.93. The first-order valence-electron chi connectivity index (χ1n) is 17.1. The van der Waals surface area contributed by atoms with Crippen molar-refractivity contribution in [2.45, 2.75) is 208 Å². The zero-order valence-electron chi connectivity index (χ0n) is 35.4. The smallest absolute Gasteiger partial charge is 0.217 e. The Morgan fingerprint density at radius 2 is 0.521 bits per heavy atom. The van der Waals surface area contributed by atoms with Gasteiger partial charge in [-0.05, 0) is 152 Å². The van der Waals surface area contributed by atoms with Crippen LogP contribution in [0.1, 0.15) is 152 Å². The van der Waals surface area contributed by atoms with Crippen molar-refractivity contribution < 1.29 is 19.2 Å². The van der Waals surface area contributed by atoms with E-state index in [1.54, 1.807) is 14.2 Å². The van der Waals surface area contributed by atoms with Gasteiger partial charge >= 0.3 is 0 Å². The molecular formula is C36H74N8O4. The quantitative estimate of drug-likeness (QED) is 0.0964. The molecule has 0 heterocycles. The third-order valence-electron chi connectivity index (χ3n) is 7.62. The Labute approximate surface area is 294 Å². The van der Waals surface area contributed by atoms with Gasteiger partial charge in [-0.1, -0.05) is 0 Å². The van der Waals surface area contributed by atoms with Gasteiger partial charge in [-0.3, -0.25) is 0 Å². The zero-order valence-corrected chi connectivity index (χ0v) is 35.4. The molecule has 0 rings (SSSR count). The number of rotatable bonds is 15. The fourth-order valence-corrected chi connectivity index (χ4v) is 6.12. The Morgan fingerprint density at radius 3 is 0.708 bits per heavy atom. The van der Waals surface area contributed by atoms with Gasteiger partial charge in [-0.2, -0.15) is 40.9 Å². The largest absolute Gasteiger partial charge is 0.378 e. The van der Waals surface area contributed by atoms with Crippen LogP contribution in [0.3, 0.4) is 0 Å². The highest BCUT2D eigenvalue weighted by Crippen LogP contribution is 2.49. The predicted molar refractivity (Wildman–Crippen MR) is 195 cm³/mol. The number of nitrogens with zero attached hydrogens (tertiary/aromatic N) is 8. The molecule has 4 unspecified atom stereocenters. The molecular weight excluding hydrogens is 608 g/mol. The summed E-state index contributed by atoms with van der Waals surface area (Å²) in [6.07, 6.45) is 0. The summed E-state index contributed by atoms with van der Waals surface area (Å²) in [4.78, 5) is 13.3. The molecule has 4 atom stereocenters. The summed E-state index contributed by atoms with van der Waals surface area (Å²) < 4.78 is 12.3. The van der Waals surface area contributed by atoms with Crippen molar-refractivity contribution in [3.63, 3.8) is 0 Å². The molecule has 0 aliphatic rings. The number of ether oxygens (including phenoxy) is 2. The summed E-state index contributed by atoms with van der Waals surface area (Å²) in [6, 6.07) is 0. The topological polar surface area (TPSA) is 136 Å². The fourth-order valence-electron chi connectivity index (χ4n) is 6.12. The fraction of sp³-hybridized carbons (Fsp3) is 1.00. The number of azo groups is 4. The first-order chi connectivity index (χ1) is 20.9. The Morgan fingerprint density at radius 1 is 0.312 bits per heavy atom. The lowest BCUT2D eigenvalue weighted by Gasteiger charge is -2.50. The van der Waals surface area contributed by atoms with Gasteiger partial charge in [-0.15, -0.1) is 0 Å². The van der Waals surface area contributed by atoms with E-state index in [9.17, 15) is 0 Å². The standard InChI is InChI=1S/C36H74N8O4/c1-27(2,3)37-41-31(13,14)25(33(17,18)45-23)35(21,43-39-29(7,8)9)47-48-36(22,44-40-30(10,11)12)26(34(19,20)46-24)32(15,16)42-38-28(4,5)6/h25-26H,1-24H3. The van der Waals surface area contributed by atoms with Gasteiger partial charge in [0.05, 0.1) is 56.3 Å². The van der Waals surface area contributed by atoms with Gasteiger partial charge in [0.2, 0.25) is 11.4 Å². The molecule has 282 valence electrons. The SMILES string of the molecule is COC(C)(C)C(C(C)(C)N=NC(C)(C)C)C(C)(N=NC(C)(C)C)OOC(C)(N=NC(C)(C)C)C(C(C)(C)N=NC(C)(C)C)C(C)(C)OC. The van der Waals surface area contributed by atoms with Gasteiger partial charge < -0.3 is 9.47 Å². The van der Waals surface area contributed by atoms with E-state index in [2.05, 4.69) is 10.2 Å². The lowest BCUT2D eigenvalue weighted by Crippen LogP contribution is -2.61. The third kappa shape index (κ3) is 14.6. The molecule has 0 fully saturated rings. The monoisotopic (exact) mass is 683 g/mol. The van der Waals surface area contributed by atoms with E-state index >= 15 is 0 Å². The molecule has 0 aliphatic carbocycles. The predicted octanol–water partition coefficient (Wildman–Crippen LogP) is 11.0. The van der Waals surface area contributed by atoms with Gasteiger partial charge in [0.1, 0.15) is 0 Å². The summed E-state index contributed by atoms with van der Waals surface area (Å²) in [6.45, 7) is 43.4. The van der Waals surface area contributed by atoms with E-state index in [0.717, 1.165) is 0 Å². The minimum Gasteiger partial charge on any atom is -0.378 e. The Bertz CT molecular complexity index is 1060. The van der Waals surface area contributed by atoms with Crippen molar-refractivity contribution in [2.24, 2.45) is 52.7 Å². The van der Waals surface area contributed by atoms with Crippen LogP contribution in [0.2, 0.25) is 0 Å². The van der Waals surface area contributed by atoms with E-state index in [1.807, 2.05) is 152 Å². The van der Waals surface area contributed by atoms with Crippen molar-refractivity contribution in [3.8, 4) is 0 Å². The molecule has 0 radical (unpaired) electrons. The average Bonchev–Trinajstić information content (AvgIpc) is 2.86. The Kier molecular flexibility index (Phi) is 14.7. The summed E-state index contributed by atoms with van der Waals surface area (Å²) in [5.74, 6) is -1.16. The number of hydrogen-bond donors (Lipinski definition) is 0. The van der Waals surface area contributed by atoms with Crippen LogP contribution in [0.4, 0.5) is 0 Å². The Hall–Kier alpha value is -1.76. The summed E-state index contributed by atoms with van der Waals surface area (Å²) in [7, 11) is 3.32. The van der Waals surface area contributed by atoms with Crippen molar-refractivity contribution in [1.82, 2.24) is 0 Å². The molecule has 48 heavy (non-hydrogen) atoms. The maximum atomic E-state index is 6.66. The molecule has 0 aromatic rings. The van der Waals surface area contributed by atoms with E-state index in [0.29, 0.717) is 0 Å². The molecule has 0 saturated heterocycles. The maximum absolute atomic E-state index is 6.66. The van der Waals surface area contributed by atoms with Gasteiger partial charge in [-0.25, -0.2) is 9.78 Å². The van der Waals surface area contributed by atoms with Crippen LogP contribution in [0.15, 0.2) is 40.9 Å². The normalized spacial score (nSPS) is 19.4. The van der Waals surface area contributed by atoms with Crippen LogP contribution >= 0.6 is 0 Å². The lowest BCUT2D eigenvalue weighted by molar-refractivity contribution is -0.440. The first kappa shape index (κ1) is 46.2. The molecule has 0 bridgehead atoms. The molecule has 0 aliphatic heterocycles. The molecule has 0 aromatic carbocycles. The first-order valence-corrected chi connectivity index (χ1v) is 17.1. The lowest BCUT2D eigenvalue weighted by atomic mass is 9.70.